The minimum Gasteiger partial charge on any atom is -0.392 e. The Bertz CT molecular complexity index is 456. The molecule has 2 nitrogen and oxygen atoms in total. The Kier molecular flexibility index (Phi) is 4.59. The largest absolute Gasteiger partial charge is 0.392 e. The Morgan fingerprint density at radius 3 is 2.94 bits per heavy atom. The maximum atomic E-state index is 9.93. The van der Waals surface area contributed by atoms with Crippen molar-refractivity contribution in [2.24, 2.45) is 0 Å². The van der Waals surface area contributed by atoms with E-state index >= 15 is 0 Å². The summed E-state index contributed by atoms with van der Waals surface area (Å²) in [5.41, 5.74) is 3.07. The quantitative estimate of drug-likeness (QED) is 0.843. The lowest BCUT2D eigenvalue weighted by Crippen LogP contribution is -2.12. The fraction of sp³-hybridized carbons (Fsp3) is 0.308. The fourth-order valence-corrected chi connectivity index (χ4v) is 3.17. The first kappa shape index (κ1) is 12.6. The average Bonchev–Trinajstić information content (AvgIpc) is 2.81. The molecule has 4 heteroatoms. The second kappa shape index (κ2) is 6.19. The van der Waals surface area contributed by atoms with Crippen LogP contribution in [0.25, 0.3) is 0 Å². The van der Waals surface area contributed by atoms with E-state index in [1.807, 2.05) is 18.3 Å². The van der Waals surface area contributed by atoms with Gasteiger partial charge in [-0.15, -0.1) is 23.1 Å². The number of aryl methyl sites for hydroxylation is 1. The van der Waals surface area contributed by atoms with Gasteiger partial charge in [0.2, 0.25) is 0 Å². The maximum Gasteiger partial charge on any atom is 0.0794 e. The van der Waals surface area contributed by atoms with Crippen LogP contribution in [0, 0.1) is 6.92 Å². The summed E-state index contributed by atoms with van der Waals surface area (Å²) >= 11 is 3.31. The van der Waals surface area contributed by atoms with Crippen molar-refractivity contribution in [2.75, 3.05) is 5.75 Å². The molecule has 0 fully saturated rings. The summed E-state index contributed by atoms with van der Waals surface area (Å²) < 4.78 is 0. The number of hydrogen-bond acceptors (Lipinski definition) is 4. The third kappa shape index (κ3) is 3.84. The zero-order valence-corrected chi connectivity index (χ0v) is 11.3. The van der Waals surface area contributed by atoms with Crippen molar-refractivity contribution in [1.82, 2.24) is 4.98 Å². The second-order valence-electron chi connectivity index (χ2n) is 3.90. The number of thiazole rings is 1. The number of aliphatic hydroxyl groups excluding tert-OH is 1. The van der Waals surface area contributed by atoms with Gasteiger partial charge in [-0.3, -0.25) is 4.98 Å². The normalized spacial score (nSPS) is 12.6. The van der Waals surface area contributed by atoms with E-state index in [4.69, 9.17) is 0 Å². The molecule has 0 radical (unpaired) electrons. The second-order valence-corrected chi connectivity index (χ2v) is 5.93. The number of aliphatic hydroxyl groups is 1. The van der Waals surface area contributed by atoms with Gasteiger partial charge in [0.05, 0.1) is 11.6 Å². The SMILES string of the molecule is Cc1ccccc1SCC(O)Cc1cncs1. The van der Waals surface area contributed by atoms with Gasteiger partial charge in [0.25, 0.3) is 0 Å². The van der Waals surface area contributed by atoms with Crippen LogP contribution in [0.2, 0.25) is 0 Å². The highest BCUT2D eigenvalue weighted by Gasteiger charge is 2.08. The van der Waals surface area contributed by atoms with Crippen LogP contribution in [0.3, 0.4) is 0 Å². The van der Waals surface area contributed by atoms with E-state index in [1.54, 1.807) is 28.6 Å². The van der Waals surface area contributed by atoms with Crippen molar-refractivity contribution in [3.8, 4) is 0 Å². The molecule has 1 unspecified atom stereocenters. The number of nitrogens with zero attached hydrogens (tertiary/aromatic N) is 1. The fourth-order valence-electron chi connectivity index (χ4n) is 1.54. The van der Waals surface area contributed by atoms with E-state index in [-0.39, 0.29) is 6.10 Å². The van der Waals surface area contributed by atoms with Crippen molar-refractivity contribution >= 4 is 23.1 Å². The highest BCUT2D eigenvalue weighted by Crippen LogP contribution is 2.23. The highest BCUT2D eigenvalue weighted by atomic mass is 32.2. The molecule has 0 saturated heterocycles. The predicted molar refractivity (Wildman–Crippen MR) is 73.7 cm³/mol. The van der Waals surface area contributed by atoms with Crippen LogP contribution in [0.5, 0.6) is 0 Å². The summed E-state index contributed by atoms with van der Waals surface area (Å²) in [4.78, 5) is 6.40. The Morgan fingerprint density at radius 2 is 2.24 bits per heavy atom. The average molecular weight is 265 g/mol. The van der Waals surface area contributed by atoms with E-state index in [0.29, 0.717) is 6.42 Å². The summed E-state index contributed by atoms with van der Waals surface area (Å²) in [7, 11) is 0. The molecule has 1 atom stereocenters. The molecule has 0 bridgehead atoms. The Balaban J connectivity index is 1.84. The van der Waals surface area contributed by atoms with Crippen LogP contribution in [0.4, 0.5) is 0 Å². The summed E-state index contributed by atoms with van der Waals surface area (Å²) in [6.45, 7) is 2.10. The molecule has 1 aromatic heterocycles. The van der Waals surface area contributed by atoms with Crippen molar-refractivity contribution < 1.29 is 5.11 Å². The van der Waals surface area contributed by atoms with Gasteiger partial charge < -0.3 is 5.11 Å². The molecule has 0 aliphatic rings. The van der Waals surface area contributed by atoms with Crippen LogP contribution in [-0.4, -0.2) is 21.9 Å². The van der Waals surface area contributed by atoms with Crippen LogP contribution >= 0.6 is 23.1 Å². The molecular weight excluding hydrogens is 250 g/mol. The molecule has 1 aromatic carbocycles. The summed E-state index contributed by atoms with van der Waals surface area (Å²) in [6.07, 6.45) is 2.22. The minimum absolute atomic E-state index is 0.306. The van der Waals surface area contributed by atoms with Crippen LogP contribution in [0.15, 0.2) is 40.9 Å². The molecule has 0 aliphatic heterocycles. The molecule has 17 heavy (non-hydrogen) atoms. The van der Waals surface area contributed by atoms with Gasteiger partial charge in [0.15, 0.2) is 0 Å². The lowest BCUT2D eigenvalue weighted by atomic mass is 10.2. The number of hydrogen-bond donors (Lipinski definition) is 1. The Hall–Kier alpha value is -0.840. The molecule has 0 aliphatic carbocycles. The van der Waals surface area contributed by atoms with E-state index in [1.165, 1.54) is 10.5 Å². The topological polar surface area (TPSA) is 33.1 Å². The van der Waals surface area contributed by atoms with Gasteiger partial charge in [-0.2, -0.15) is 0 Å². The number of aromatic nitrogens is 1. The third-order valence-corrected chi connectivity index (χ3v) is 4.57. The molecule has 1 heterocycles. The van der Waals surface area contributed by atoms with E-state index in [0.717, 1.165) is 10.6 Å². The third-order valence-electron chi connectivity index (χ3n) is 2.45. The van der Waals surface area contributed by atoms with Crippen LogP contribution in [-0.2, 0) is 6.42 Å². The van der Waals surface area contributed by atoms with E-state index in [2.05, 4.69) is 24.0 Å². The summed E-state index contributed by atoms with van der Waals surface area (Å²) in [5.74, 6) is 0.725. The molecule has 0 spiro atoms. The van der Waals surface area contributed by atoms with Crippen LogP contribution < -0.4 is 0 Å². The van der Waals surface area contributed by atoms with E-state index in [9.17, 15) is 5.11 Å². The summed E-state index contributed by atoms with van der Waals surface area (Å²) in [6, 6.07) is 8.26. The van der Waals surface area contributed by atoms with Gasteiger partial charge in [-0.1, -0.05) is 18.2 Å². The minimum atomic E-state index is -0.306. The van der Waals surface area contributed by atoms with Crippen LogP contribution in [0.1, 0.15) is 10.4 Å². The molecule has 2 aromatic rings. The zero-order chi connectivity index (χ0) is 12.1. The van der Waals surface area contributed by atoms with Crippen molar-refractivity contribution in [2.45, 2.75) is 24.3 Å². The smallest absolute Gasteiger partial charge is 0.0794 e. The number of benzene rings is 1. The van der Waals surface area contributed by atoms with Crippen molar-refractivity contribution in [3.63, 3.8) is 0 Å². The highest BCUT2D eigenvalue weighted by molar-refractivity contribution is 7.99. The molecule has 2 rings (SSSR count). The van der Waals surface area contributed by atoms with Gasteiger partial charge in [-0.25, -0.2) is 0 Å². The monoisotopic (exact) mass is 265 g/mol. The molecule has 1 N–H and O–H groups in total. The van der Waals surface area contributed by atoms with Gasteiger partial charge >= 0.3 is 0 Å². The number of rotatable bonds is 5. The first-order chi connectivity index (χ1) is 8.25. The lowest BCUT2D eigenvalue weighted by molar-refractivity contribution is 0.201. The maximum absolute atomic E-state index is 9.93. The standard InChI is InChI=1S/C13H15NOS2/c1-10-4-2-3-5-13(10)16-8-11(15)6-12-7-14-9-17-12/h2-5,7,9,11,15H,6,8H2,1H3. The predicted octanol–water partition coefficient (Wildman–Crippen LogP) is 3.15. The van der Waals surface area contributed by atoms with Gasteiger partial charge in [-0.05, 0) is 18.6 Å². The lowest BCUT2D eigenvalue weighted by Gasteiger charge is -2.10. The Labute approximate surface area is 110 Å². The first-order valence-corrected chi connectivity index (χ1v) is 7.36. The number of thioether (sulfide) groups is 1. The van der Waals surface area contributed by atoms with Gasteiger partial charge in [0.1, 0.15) is 0 Å². The van der Waals surface area contributed by atoms with Crippen molar-refractivity contribution in [3.05, 3.63) is 46.4 Å². The van der Waals surface area contributed by atoms with Crippen molar-refractivity contribution in [1.29, 1.82) is 0 Å². The molecule has 0 saturated carbocycles. The molecular formula is C13H15NOS2. The summed E-state index contributed by atoms with van der Waals surface area (Å²) in [5, 5.41) is 9.93. The zero-order valence-electron chi connectivity index (χ0n) is 9.67. The first-order valence-electron chi connectivity index (χ1n) is 5.49. The van der Waals surface area contributed by atoms with E-state index < -0.39 is 0 Å². The van der Waals surface area contributed by atoms with Gasteiger partial charge in [0, 0.05) is 28.1 Å². The Morgan fingerprint density at radius 1 is 1.41 bits per heavy atom. The molecule has 90 valence electrons. The molecule has 0 amide bonds.